The molecule has 0 aromatic heterocycles. The highest BCUT2D eigenvalue weighted by Crippen LogP contribution is 2.11. The van der Waals surface area contributed by atoms with Crippen molar-refractivity contribution in [3.8, 4) is 0 Å². The Bertz CT molecular complexity index is 183. The van der Waals surface area contributed by atoms with Crippen LogP contribution in [0.3, 0.4) is 0 Å². The van der Waals surface area contributed by atoms with Crippen molar-refractivity contribution >= 4 is 11.8 Å². The summed E-state index contributed by atoms with van der Waals surface area (Å²) in [6.07, 6.45) is 7.79. The van der Waals surface area contributed by atoms with Gasteiger partial charge in [-0.05, 0) is 45.2 Å². The van der Waals surface area contributed by atoms with E-state index >= 15 is 0 Å². The number of rotatable bonds is 7. The lowest BCUT2D eigenvalue weighted by atomic mass is 10.0. The lowest BCUT2D eigenvalue weighted by molar-refractivity contribution is 0.152. The van der Waals surface area contributed by atoms with Gasteiger partial charge in [0.1, 0.15) is 0 Å². The third kappa shape index (κ3) is 6.12. The van der Waals surface area contributed by atoms with Crippen LogP contribution in [0.15, 0.2) is 0 Å². The molecule has 0 amide bonds. The van der Waals surface area contributed by atoms with Crippen LogP contribution in [0.25, 0.3) is 0 Å². The van der Waals surface area contributed by atoms with Crippen LogP contribution in [0.1, 0.15) is 39.5 Å². The molecule has 1 N–H and O–H groups in total. The predicted octanol–water partition coefficient (Wildman–Crippen LogP) is 2.59. The molecule has 1 saturated heterocycles. The Morgan fingerprint density at radius 1 is 1.19 bits per heavy atom. The molecule has 1 heterocycles. The summed E-state index contributed by atoms with van der Waals surface area (Å²) in [5, 5.41) is 3.56. The van der Waals surface area contributed by atoms with Gasteiger partial charge < -0.3 is 10.2 Å². The first-order valence-electron chi connectivity index (χ1n) is 6.60. The van der Waals surface area contributed by atoms with Gasteiger partial charge in [-0.2, -0.15) is 11.8 Å². The first-order valence-corrected chi connectivity index (χ1v) is 8.00. The molecule has 0 radical (unpaired) electrons. The molecule has 0 bridgehead atoms. The smallest absolute Gasteiger partial charge is 0.0252 e. The lowest BCUT2D eigenvalue weighted by Crippen LogP contribution is -2.57. The highest BCUT2D eigenvalue weighted by Gasteiger charge is 2.24. The second-order valence-electron chi connectivity index (χ2n) is 5.49. The predicted molar refractivity (Wildman–Crippen MR) is 75.4 cm³/mol. The van der Waals surface area contributed by atoms with Crippen LogP contribution >= 0.6 is 11.8 Å². The third-order valence-electron chi connectivity index (χ3n) is 3.22. The van der Waals surface area contributed by atoms with Crippen molar-refractivity contribution < 1.29 is 0 Å². The molecule has 2 nitrogen and oxygen atoms in total. The summed E-state index contributed by atoms with van der Waals surface area (Å²) in [6, 6.07) is 0. The molecule has 1 rings (SSSR count). The fourth-order valence-corrected chi connectivity index (χ4v) is 2.87. The van der Waals surface area contributed by atoms with Crippen LogP contribution in [0.5, 0.6) is 0 Å². The van der Waals surface area contributed by atoms with Crippen LogP contribution < -0.4 is 5.32 Å². The van der Waals surface area contributed by atoms with Gasteiger partial charge in [0.25, 0.3) is 0 Å². The molecule has 0 unspecified atom stereocenters. The molecule has 16 heavy (non-hydrogen) atoms. The average Bonchev–Trinajstić information content (AvgIpc) is 2.22. The van der Waals surface area contributed by atoms with Crippen molar-refractivity contribution in [2.75, 3.05) is 38.2 Å². The van der Waals surface area contributed by atoms with Crippen molar-refractivity contribution in [1.82, 2.24) is 10.2 Å². The zero-order valence-corrected chi connectivity index (χ0v) is 12.0. The van der Waals surface area contributed by atoms with Crippen LogP contribution in [0.2, 0.25) is 0 Å². The van der Waals surface area contributed by atoms with E-state index < -0.39 is 0 Å². The van der Waals surface area contributed by atoms with E-state index in [1.54, 1.807) is 0 Å². The van der Waals surface area contributed by atoms with Gasteiger partial charge in [0.05, 0.1) is 0 Å². The number of unbranched alkanes of at least 4 members (excludes halogenated alkanes) is 3. The van der Waals surface area contributed by atoms with Gasteiger partial charge in [-0.15, -0.1) is 0 Å². The van der Waals surface area contributed by atoms with Gasteiger partial charge in [0.2, 0.25) is 0 Å². The molecule has 1 fully saturated rings. The lowest BCUT2D eigenvalue weighted by Gasteiger charge is -2.39. The largest absolute Gasteiger partial charge is 0.309 e. The fourth-order valence-electron chi connectivity index (χ4n) is 2.37. The van der Waals surface area contributed by atoms with Crippen LogP contribution in [0, 0.1) is 0 Å². The zero-order valence-electron chi connectivity index (χ0n) is 11.2. The highest BCUT2D eigenvalue weighted by atomic mass is 32.2. The first kappa shape index (κ1) is 14.3. The van der Waals surface area contributed by atoms with Crippen LogP contribution in [-0.4, -0.2) is 48.6 Å². The zero-order chi connectivity index (χ0) is 11.9. The second-order valence-corrected chi connectivity index (χ2v) is 6.48. The van der Waals surface area contributed by atoms with E-state index in [1.807, 2.05) is 11.8 Å². The van der Waals surface area contributed by atoms with E-state index in [9.17, 15) is 0 Å². The molecular weight excluding hydrogens is 216 g/mol. The highest BCUT2D eigenvalue weighted by molar-refractivity contribution is 7.98. The van der Waals surface area contributed by atoms with E-state index in [0.717, 1.165) is 6.54 Å². The Morgan fingerprint density at radius 2 is 1.94 bits per heavy atom. The molecule has 3 heteroatoms. The average molecular weight is 244 g/mol. The van der Waals surface area contributed by atoms with Gasteiger partial charge >= 0.3 is 0 Å². The quantitative estimate of drug-likeness (QED) is 0.693. The maximum Gasteiger partial charge on any atom is 0.0252 e. The molecule has 1 aliphatic rings. The summed E-state index contributed by atoms with van der Waals surface area (Å²) in [5.74, 6) is 1.33. The topological polar surface area (TPSA) is 15.3 Å². The Kier molecular flexibility index (Phi) is 6.78. The van der Waals surface area contributed by atoms with Crippen LogP contribution in [-0.2, 0) is 0 Å². The van der Waals surface area contributed by atoms with E-state index in [-0.39, 0.29) is 0 Å². The molecule has 0 aliphatic carbocycles. The van der Waals surface area contributed by atoms with Crippen molar-refractivity contribution in [2.45, 2.75) is 45.1 Å². The van der Waals surface area contributed by atoms with E-state index in [2.05, 4.69) is 30.3 Å². The van der Waals surface area contributed by atoms with E-state index in [1.165, 1.54) is 51.1 Å². The first-order chi connectivity index (χ1) is 7.64. The van der Waals surface area contributed by atoms with Gasteiger partial charge in [0, 0.05) is 25.2 Å². The maximum atomic E-state index is 3.56. The Labute approximate surface area is 106 Å². The summed E-state index contributed by atoms with van der Waals surface area (Å²) >= 11 is 1.97. The molecule has 0 saturated carbocycles. The normalized spacial score (nSPS) is 21.2. The second kappa shape index (κ2) is 7.57. The van der Waals surface area contributed by atoms with Crippen molar-refractivity contribution in [2.24, 2.45) is 0 Å². The van der Waals surface area contributed by atoms with Crippen molar-refractivity contribution in [3.63, 3.8) is 0 Å². The molecular formula is C13H28N2S. The number of nitrogens with zero attached hydrogens (tertiary/aromatic N) is 1. The summed E-state index contributed by atoms with van der Waals surface area (Å²) in [5.41, 5.74) is 0.317. The van der Waals surface area contributed by atoms with Gasteiger partial charge in [-0.1, -0.05) is 12.8 Å². The van der Waals surface area contributed by atoms with Crippen molar-refractivity contribution in [3.05, 3.63) is 0 Å². The number of piperazine rings is 1. The molecule has 1 aliphatic heterocycles. The van der Waals surface area contributed by atoms with E-state index in [4.69, 9.17) is 0 Å². The standard InChI is InChI=1S/C13H28N2S/c1-13(2)12-15(10-8-14-13)9-6-4-5-7-11-16-3/h14H,4-12H2,1-3H3. The van der Waals surface area contributed by atoms with E-state index in [0.29, 0.717) is 5.54 Å². The fraction of sp³-hybridized carbons (Fsp3) is 1.00. The Balaban J connectivity index is 2.00. The Morgan fingerprint density at radius 3 is 2.62 bits per heavy atom. The molecule has 0 atom stereocenters. The monoisotopic (exact) mass is 244 g/mol. The van der Waals surface area contributed by atoms with Crippen LogP contribution in [0.4, 0.5) is 0 Å². The minimum Gasteiger partial charge on any atom is -0.309 e. The summed E-state index contributed by atoms with van der Waals surface area (Å²) in [7, 11) is 0. The van der Waals surface area contributed by atoms with Gasteiger partial charge in [-0.25, -0.2) is 0 Å². The van der Waals surface area contributed by atoms with Crippen molar-refractivity contribution in [1.29, 1.82) is 0 Å². The summed E-state index contributed by atoms with van der Waals surface area (Å²) in [4.78, 5) is 2.62. The number of hydrogen-bond acceptors (Lipinski definition) is 3. The van der Waals surface area contributed by atoms with Gasteiger partial charge in [0.15, 0.2) is 0 Å². The maximum absolute atomic E-state index is 3.56. The molecule has 96 valence electrons. The molecule has 0 spiro atoms. The molecule has 0 aromatic carbocycles. The van der Waals surface area contributed by atoms with Gasteiger partial charge in [-0.3, -0.25) is 0 Å². The number of hydrogen-bond donors (Lipinski definition) is 1. The third-order valence-corrected chi connectivity index (χ3v) is 3.92. The minimum absolute atomic E-state index is 0.317. The summed E-state index contributed by atoms with van der Waals surface area (Å²) < 4.78 is 0. The Hall–Kier alpha value is 0.270. The minimum atomic E-state index is 0.317. The number of thioether (sulfide) groups is 1. The number of nitrogens with one attached hydrogen (secondary N) is 1. The SMILES string of the molecule is CSCCCCCCN1CCNC(C)(C)C1. The molecule has 0 aromatic rings. The summed E-state index contributed by atoms with van der Waals surface area (Å²) in [6.45, 7) is 9.49.